The van der Waals surface area contributed by atoms with Crippen LogP contribution in [0.4, 0.5) is 5.69 Å². The highest BCUT2D eigenvalue weighted by Gasteiger charge is 2.20. The molecule has 0 aliphatic heterocycles. The number of rotatable bonds is 10. The molecule has 208 valence electrons. The number of ether oxygens (including phenoxy) is 5. The topological polar surface area (TPSA) is 139 Å². The van der Waals surface area contributed by atoms with Gasteiger partial charge in [-0.2, -0.15) is 9.78 Å². The Morgan fingerprint density at radius 3 is 2.05 bits per heavy atom. The number of aromatic nitrogens is 2. The maximum absolute atomic E-state index is 13.3. The number of hydrogen-bond donors (Lipinski definition) is 2. The van der Waals surface area contributed by atoms with Gasteiger partial charge in [-0.05, 0) is 18.2 Å². The first-order chi connectivity index (χ1) is 19.3. The molecule has 0 radical (unpaired) electrons. The Labute approximate surface area is 229 Å². The summed E-state index contributed by atoms with van der Waals surface area (Å²) in [7, 11) is 7.35. The largest absolute Gasteiger partial charge is 0.497 e. The first kappa shape index (κ1) is 27.8. The van der Waals surface area contributed by atoms with E-state index in [4.69, 9.17) is 23.7 Å². The van der Waals surface area contributed by atoms with E-state index in [1.165, 1.54) is 35.5 Å². The molecule has 0 spiro atoms. The summed E-state index contributed by atoms with van der Waals surface area (Å²) >= 11 is 0. The van der Waals surface area contributed by atoms with Crippen molar-refractivity contribution in [2.45, 2.75) is 0 Å². The number of carbonyl (C=O) groups is 2. The predicted octanol–water partition coefficient (Wildman–Crippen LogP) is 2.80. The van der Waals surface area contributed by atoms with Gasteiger partial charge in [-0.25, -0.2) is 0 Å². The fourth-order valence-electron chi connectivity index (χ4n) is 4.08. The zero-order valence-electron chi connectivity index (χ0n) is 22.6. The SMILES string of the molecule is COc1ccc(-n2nc(C(=O)NCC(=O)Nc3cc(OC)c(OC)c(OC)c3)c3ccccc3c2=O)c(OC)c1. The number of carbonyl (C=O) groups excluding carboxylic acids is 2. The molecule has 4 rings (SSSR count). The zero-order valence-corrected chi connectivity index (χ0v) is 22.6. The monoisotopic (exact) mass is 548 g/mol. The van der Waals surface area contributed by atoms with Crippen molar-refractivity contribution in [1.29, 1.82) is 0 Å². The molecule has 0 saturated carbocycles. The highest BCUT2D eigenvalue weighted by Crippen LogP contribution is 2.39. The second kappa shape index (κ2) is 12.1. The van der Waals surface area contributed by atoms with E-state index >= 15 is 0 Å². The van der Waals surface area contributed by atoms with Crippen LogP contribution in [-0.4, -0.2) is 63.7 Å². The van der Waals surface area contributed by atoms with E-state index in [1.807, 2.05) is 0 Å². The molecule has 2 N–H and O–H groups in total. The first-order valence-electron chi connectivity index (χ1n) is 12.0. The molecule has 12 nitrogen and oxygen atoms in total. The lowest BCUT2D eigenvalue weighted by Gasteiger charge is -2.15. The number of nitrogens with zero attached hydrogens (tertiary/aromatic N) is 2. The standard InChI is InChI=1S/C28H28N4O8/c1-36-17-10-11-20(21(14-17)37-2)32-28(35)19-9-7-6-8-18(19)25(31-32)27(34)29-15-24(33)30-16-12-22(38-3)26(40-5)23(13-16)39-4/h6-14H,15H2,1-5H3,(H,29,34)(H,30,33). The van der Waals surface area contributed by atoms with Crippen molar-refractivity contribution in [3.05, 3.63) is 70.6 Å². The van der Waals surface area contributed by atoms with Crippen LogP contribution in [0.15, 0.2) is 59.4 Å². The molecule has 0 saturated heterocycles. The molecule has 0 aliphatic rings. The fourth-order valence-corrected chi connectivity index (χ4v) is 4.08. The predicted molar refractivity (Wildman–Crippen MR) is 148 cm³/mol. The maximum Gasteiger partial charge on any atom is 0.279 e. The lowest BCUT2D eigenvalue weighted by atomic mass is 10.1. The number of hydrogen-bond acceptors (Lipinski definition) is 9. The second-order valence-electron chi connectivity index (χ2n) is 8.29. The minimum absolute atomic E-state index is 0.0475. The molecule has 0 unspecified atom stereocenters. The number of nitrogens with one attached hydrogen (secondary N) is 2. The van der Waals surface area contributed by atoms with E-state index in [9.17, 15) is 14.4 Å². The average molecular weight is 549 g/mol. The van der Waals surface area contributed by atoms with Crippen LogP contribution in [0.1, 0.15) is 10.5 Å². The van der Waals surface area contributed by atoms with Gasteiger partial charge in [0.15, 0.2) is 17.2 Å². The number of fused-ring (bicyclic) bond motifs is 1. The minimum Gasteiger partial charge on any atom is -0.497 e. The lowest BCUT2D eigenvalue weighted by molar-refractivity contribution is -0.115. The molecule has 2 amide bonds. The van der Waals surface area contributed by atoms with Crippen molar-refractivity contribution >= 4 is 28.3 Å². The normalized spacial score (nSPS) is 10.5. The van der Waals surface area contributed by atoms with Gasteiger partial charge in [0, 0.05) is 29.3 Å². The molecule has 1 heterocycles. The van der Waals surface area contributed by atoms with Gasteiger partial charge in [-0.15, -0.1) is 0 Å². The van der Waals surface area contributed by atoms with Crippen LogP contribution in [0.2, 0.25) is 0 Å². The minimum atomic E-state index is -0.655. The summed E-state index contributed by atoms with van der Waals surface area (Å²) in [6, 6.07) is 14.6. The Kier molecular flexibility index (Phi) is 8.38. The summed E-state index contributed by atoms with van der Waals surface area (Å²) in [4.78, 5) is 39.3. The van der Waals surface area contributed by atoms with Gasteiger partial charge >= 0.3 is 0 Å². The van der Waals surface area contributed by atoms with Crippen LogP contribution < -0.4 is 39.9 Å². The molecule has 40 heavy (non-hydrogen) atoms. The van der Waals surface area contributed by atoms with Crippen molar-refractivity contribution < 1.29 is 33.3 Å². The third kappa shape index (κ3) is 5.46. The number of anilines is 1. The Bertz CT molecular complexity index is 1610. The van der Waals surface area contributed by atoms with Gasteiger partial charge < -0.3 is 34.3 Å². The summed E-state index contributed by atoms with van der Waals surface area (Å²) in [5.41, 5.74) is 0.190. The molecule has 0 aliphatic carbocycles. The van der Waals surface area contributed by atoms with E-state index in [1.54, 1.807) is 54.6 Å². The molecular weight excluding hydrogens is 520 g/mol. The van der Waals surface area contributed by atoms with E-state index in [2.05, 4.69) is 15.7 Å². The van der Waals surface area contributed by atoms with E-state index in [-0.39, 0.29) is 17.6 Å². The Hall–Kier alpha value is -5.26. The summed E-state index contributed by atoms with van der Waals surface area (Å²) in [6.45, 7) is -0.378. The lowest BCUT2D eigenvalue weighted by Crippen LogP contribution is -2.35. The summed E-state index contributed by atoms with van der Waals surface area (Å²) in [6.07, 6.45) is 0. The zero-order chi connectivity index (χ0) is 28.8. The van der Waals surface area contributed by atoms with Crippen LogP contribution in [0.5, 0.6) is 28.7 Å². The average Bonchev–Trinajstić information content (AvgIpc) is 2.99. The summed E-state index contributed by atoms with van der Waals surface area (Å²) in [5, 5.41) is 10.2. The van der Waals surface area contributed by atoms with Crippen LogP contribution in [0.3, 0.4) is 0 Å². The third-order valence-corrected chi connectivity index (χ3v) is 5.99. The smallest absolute Gasteiger partial charge is 0.279 e. The molecular formula is C28H28N4O8. The quantitative estimate of drug-likeness (QED) is 0.306. The van der Waals surface area contributed by atoms with E-state index < -0.39 is 17.4 Å². The molecule has 0 atom stereocenters. The van der Waals surface area contributed by atoms with Crippen molar-refractivity contribution in [2.75, 3.05) is 47.4 Å². The number of amides is 2. The van der Waals surface area contributed by atoms with Crippen LogP contribution in [0, 0.1) is 0 Å². The molecule has 12 heteroatoms. The summed E-state index contributed by atoms with van der Waals surface area (Å²) in [5.74, 6) is 0.749. The molecule has 3 aromatic carbocycles. The Morgan fingerprint density at radius 1 is 0.800 bits per heavy atom. The maximum atomic E-state index is 13.3. The number of benzene rings is 3. The van der Waals surface area contributed by atoms with Crippen LogP contribution >= 0.6 is 0 Å². The van der Waals surface area contributed by atoms with E-state index in [0.717, 1.165) is 4.68 Å². The second-order valence-corrected chi connectivity index (χ2v) is 8.29. The molecule has 1 aromatic heterocycles. The van der Waals surface area contributed by atoms with Gasteiger partial charge in [0.25, 0.3) is 11.5 Å². The van der Waals surface area contributed by atoms with Crippen LogP contribution in [-0.2, 0) is 4.79 Å². The summed E-state index contributed by atoms with van der Waals surface area (Å²) < 4.78 is 27.7. The highest BCUT2D eigenvalue weighted by molar-refractivity contribution is 6.06. The number of methoxy groups -OCH3 is 5. The Morgan fingerprint density at radius 2 is 1.45 bits per heavy atom. The van der Waals surface area contributed by atoms with Gasteiger partial charge in [-0.3, -0.25) is 14.4 Å². The molecule has 4 aromatic rings. The van der Waals surface area contributed by atoms with Crippen molar-refractivity contribution in [3.63, 3.8) is 0 Å². The molecule has 0 fully saturated rings. The van der Waals surface area contributed by atoms with Crippen molar-refractivity contribution in [2.24, 2.45) is 0 Å². The van der Waals surface area contributed by atoms with Gasteiger partial charge in [0.05, 0.1) is 47.5 Å². The van der Waals surface area contributed by atoms with Gasteiger partial charge in [0.2, 0.25) is 11.7 Å². The van der Waals surface area contributed by atoms with Crippen LogP contribution in [0.25, 0.3) is 16.5 Å². The van der Waals surface area contributed by atoms with Crippen molar-refractivity contribution in [1.82, 2.24) is 15.1 Å². The third-order valence-electron chi connectivity index (χ3n) is 5.99. The first-order valence-corrected chi connectivity index (χ1v) is 12.0. The van der Waals surface area contributed by atoms with Crippen molar-refractivity contribution in [3.8, 4) is 34.4 Å². The molecule has 0 bridgehead atoms. The van der Waals surface area contributed by atoms with Gasteiger partial charge in [-0.1, -0.05) is 18.2 Å². The Balaban J connectivity index is 1.62. The van der Waals surface area contributed by atoms with E-state index in [0.29, 0.717) is 45.5 Å². The highest BCUT2D eigenvalue weighted by atomic mass is 16.5. The van der Waals surface area contributed by atoms with Gasteiger partial charge in [0.1, 0.15) is 17.2 Å². The fraction of sp³-hybridized carbons (Fsp3) is 0.214.